The summed E-state index contributed by atoms with van der Waals surface area (Å²) in [4.78, 5) is 25.1. The van der Waals surface area contributed by atoms with Crippen LogP contribution in [0.2, 0.25) is 0 Å². The highest BCUT2D eigenvalue weighted by molar-refractivity contribution is 7.99. The first kappa shape index (κ1) is 13.7. The summed E-state index contributed by atoms with van der Waals surface area (Å²) in [6.07, 6.45) is 2.07. The molecule has 3 unspecified atom stereocenters. The van der Waals surface area contributed by atoms with Crippen molar-refractivity contribution in [3.63, 3.8) is 0 Å². The average Bonchev–Trinajstić information content (AvgIpc) is 3.02. The molecule has 1 N–H and O–H groups in total. The van der Waals surface area contributed by atoms with Crippen LogP contribution in [0.4, 0.5) is 0 Å². The lowest BCUT2D eigenvalue weighted by Crippen LogP contribution is -2.48. The summed E-state index contributed by atoms with van der Waals surface area (Å²) in [7, 11) is 0. The van der Waals surface area contributed by atoms with Crippen LogP contribution < -0.4 is 0 Å². The van der Waals surface area contributed by atoms with Crippen molar-refractivity contribution in [2.75, 3.05) is 18.1 Å². The van der Waals surface area contributed by atoms with Crippen LogP contribution in [0.3, 0.4) is 0 Å². The highest BCUT2D eigenvalue weighted by Crippen LogP contribution is 2.55. The lowest BCUT2D eigenvalue weighted by molar-refractivity contribution is -0.141. The number of carbonyl (C=O) groups excluding carboxylic acids is 1. The summed E-state index contributed by atoms with van der Waals surface area (Å²) in [5.74, 6) is 1.19. The molecule has 1 aliphatic carbocycles. The van der Waals surface area contributed by atoms with Gasteiger partial charge in [-0.15, -0.1) is 0 Å². The van der Waals surface area contributed by atoms with Gasteiger partial charge < -0.3 is 10.0 Å². The van der Waals surface area contributed by atoms with Crippen LogP contribution in [0.5, 0.6) is 0 Å². The third-order valence-corrected chi connectivity index (χ3v) is 5.47. The molecule has 1 saturated heterocycles. The number of hydrogen-bond acceptors (Lipinski definition) is 3. The lowest BCUT2D eigenvalue weighted by atomic mass is 10.0. The van der Waals surface area contributed by atoms with Crippen LogP contribution in [0.25, 0.3) is 0 Å². The molecule has 0 aromatic carbocycles. The van der Waals surface area contributed by atoms with Crippen molar-refractivity contribution in [2.24, 2.45) is 11.3 Å². The summed E-state index contributed by atoms with van der Waals surface area (Å²) in [5, 5.41) is 8.92. The molecule has 102 valence electrons. The van der Waals surface area contributed by atoms with Crippen LogP contribution in [-0.4, -0.2) is 46.0 Å². The van der Waals surface area contributed by atoms with E-state index >= 15 is 0 Å². The molecule has 1 saturated carbocycles. The van der Waals surface area contributed by atoms with Gasteiger partial charge in [-0.25, -0.2) is 0 Å². The Morgan fingerprint density at radius 3 is 2.78 bits per heavy atom. The van der Waals surface area contributed by atoms with Crippen LogP contribution >= 0.6 is 11.8 Å². The molecule has 0 spiro atoms. The molecule has 0 aromatic rings. The van der Waals surface area contributed by atoms with Crippen LogP contribution in [0.1, 0.15) is 33.1 Å². The van der Waals surface area contributed by atoms with Gasteiger partial charge in [-0.3, -0.25) is 9.59 Å². The highest BCUT2D eigenvalue weighted by Gasteiger charge is 2.54. The van der Waals surface area contributed by atoms with Gasteiger partial charge in [-0.2, -0.15) is 11.8 Å². The van der Waals surface area contributed by atoms with E-state index in [9.17, 15) is 9.59 Å². The predicted molar refractivity (Wildman–Crippen MR) is 71.6 cm³/mol. The lowest BCUT2D eigenvalue weighted by Gasteiger charge is -2.35. The van der Waals surface area contributed by atoms with E-state index in [2.05, 4.69) is 13.8 Å². The SMILES string of the molecule is CCC1(C)CC1C(=O)N1CCSCC1CC(=O)O. The Balaban J connectivity index is 2.01. The molecule has 1 aliphatic heterocycles. The van der Waals surface area contributed by atoms with Gasteiger partial charge in [-0.1, -0.05) is 13.8 Å². The summed E-state index contributed by atoms with van der Waals surface area (Å²) in [6.45, 7) is 4.98. The van der Waals surface area contributed by atoms with Crippen molar-refractivity contribution < 1.29 is 14.7 Å². The van der Waals surface area contributed by atoms with Crippen molar-refractivity contribution in [1.82, 2.24) is 4.90 Å². The Morgan fingerprint density at radius 1 is 1.50 bits per heavy atom. The molecule has 18 heavy (non-hydrogen) atoms. The van der Waals surface area contributed by atoms with E-state index in [0.717, 1.165) is 24.3 Å². The number of carbonyl (C=O) groups is 2. The fourth-order valence-electron chi connectivity index (χ4n) is 2.70. The number of nitrogens with zero attached hydrogens (tertiary/aromatic N) is 1. The summed E-state index contributed by atoms with van der Waals surface area (Å²) < 4.78 is 0. The summed E-state index contributed by atoms with van der Waals surface area (Å²) >= 11 is 1.75. The number of carboxylic acid groups (broad SMARTS) is 1. The second-order valence-corrected chi connectivity index (χ2v) is 6.77. The average molecular weight is 271 g/mol. The van der Waals surface area contributed by atoms with Crippen LogP contribution in [-0.2, 0) is 9.59 Å². The van der Waals surface area contributed by atoms with Gasteiger partial charge in [0.15, 0.2) is 0 Å². The van der Waals surface area contributed by atoms with Gasteiger partial charge in [-0.05, 0) is 18.3 Å². The summed E-state index contributed by atoms with van der Waals surface area (Å²) in [6, 6.07) is -0.115. The normalized spacial score (nSPS) is 35.3. The van der Waals surface area contributed by atoms with E-state index in [4.69, 9.17) is 5.11 Å². The first-order valence-corrected chi connectivity index (χ1v) is 7.73. The maximum absolute atomic E-state index is 12.5. The fraction of sp³-hybridized carbons (Fsp3) is 0.846. The number of aliphatic carboxylic acids is 1. The molecule has 2 fully saturated rings. The van der Waals surface area contributed by atoms with Gasteiger partial charge in [0, 0.05) is 24.0 Å². The monoisotopic (exact) mass is 271 g/mol. The zero-order valence-corrected chi connectivity index (χ0v) is 11.8. The largest absolute Gasteiger partial charge is 0.481 e. The Bertz CT molecular complexity index is 360. The molecule has 3 atom stereocenters. The van der Waals surface area contributed by atoms with E-state index < -0.39 is 5.97 Å². The van der Waals surface area contributed by atoms with Gasteiger partial charge in [0.1, 0.15) is 0 Å². The smallest absolute Gasteiger partial charge is 0.305 e. The molecule has 1 amide bonds. The topological polar surface area (TPSA) is 57.6 Å². The third-order valence-electron chi connectivity index (χ3n) is 4.38. The Kier molecular flexibility index (Phi) is 3.90. The Hall–Kier alpha value is -0.710. The van der Waals surface area contributed by atoms with E-state index in [0.29, 0.717) is 6.54 Å². The quantitative estimate of drug-likeness (QED) is 0.847. The molecule has 1 heterocycles. The molecular weight excluding hydrogens is 250 g/mol. The Labute approximate surface area is 112 Å². The second-order valence-electron chi connectivity index (χ2n) is 5.62. The molecule has 0 bridgehead atoms. The summed E-state index contributed by atoms with van der Waals surface area (Å²) in [5.41, 5.74) is 0.162. The number of hydrogen-bond donors (Lipinski definition) is 1. The minimum Gasteiger partial charge on any atom is -0.481 e. The molecular formula is C13H21NO3S. The second kappa shape index (κ2) is 5.11. The zero-order valence-electron chi connectivity index (χ0n) is 11.0. The van der Waals surface area contributed by atoms with Crippen molar-refractivity contribution in [3.8, 4) is 0 Å². The predicted octanol–water partition coefficient (Wildman–Crippen LogP) is 1.84. The number of amides is 1. The maximum Gasteiger partial charge on any atom is 0.305 e. The molecule has 0 aromatic heterocycles. The van der Waals surface area contributed by atoms with Gasteiger partial charge in [0.05, 0.1) is 12.5 Å². The molecule has 2 aliphatic rings. The first-order chi connectivity index (χ1) is 8.48. The minimum atomic E-state index is -0.811. The standard InChI is InChI=1S/C13H21NO3S/c1-3-13(2)7-10(13)12(17)14-4-5-18-8-9(14)6-11(15)16/h9-10H,3-8H2,1-2H3,(H,15,16). The van der Waals surface area contributed by atoms with Crippen molar-refractivity contribution in [2.45, 2.75) is 39.2 Å². The molecule has 4 nitrogen and oxygen atoms in total. The minimum absolute atomic E-state index is 0.0777. The first-order valence-electron chi connectivity index (χ1n) is 6.58. The van der Waals surface area contributed by atoms with E-state index in [1.807, 2.05) is 4.90 Å². The van der Waals surface area contributed by atoms with E-state index in [1.165, 1.54) is 0 Å². The van der Waals surface area contributed by atoms with Crippen LogP contribution in [0, 0.1) is 11.3 Å². The van der Waals surface area contributed by atoms with E-state index in [1.54, 1.807) is 11.8 Å². The van der Waals surface area contributed by atoms with Gasteiger partial charge >= 0.3 is 5.97 Å². The molecule has 2 rings (SSSR count). The van der Waals surface area contributed by atoms with E-state index in [-0.39, 0.29) is 29.7 Å². The highest BCUT2D eigenvalue weighted by atomic mass is 32.2. The van der Waals surface area contributed by atoms with Crippen LogP contribution in [0.15, 0.2) is 0 Å². The number of rotatable bonds is 4. The number of thioether (sulfide) groups is 1. The van der Waals surface area contributed by atoms with Gasteiger partial charge in [0.25, 0.3) is 0 Å². The van der Waals surface area contributed by atoms with Crippen molar-refractivity contribution in [1.29, 1.82) is 0 Å². The van der Waals surface area contributed by atoms with Gasteiger partial charge in [0.2, 0.25) is 5.91 Å². The fourth-order valence-corrected chi connectivity index (χ4v) is 3.76. The Morgan fingerprint density at radius 2 is 2.22 bits per heavy atom. The number of carboxylic acids is 1. The van der Waals surface area contributed by atoms with Crippen molar-refractivity contribution in [3.05, 3.63) is 0 Å². The van der Waals surface area contributed by atoms with Crippen molar-refractivity contribution >= 4 is 23.6 Å². The zero-order chi connectivity index (χ0) is 13.3. The maximum atomic E-state index is 12.5. The third kappa shape index (κ3) is 2.66. The molecule has 5 heteroatoms. The molecule has 0 radical (unpaired) electrons.